The van der Waals surface area contributed by atoms with Gasteiger partial charge in [0.2, 0.25) is 16.2 Å². The lowest BCUT2D eigenvalue weighted by Gasteiger charge is -2.24. The van der Waals surface area contributed by atoms with Gasteiger partial charge >= 0.3 is 5.97 Å². The second-order valence-corrected chi connectivity index (χ2v) is 31.0. The molecular weight excluding hydrogens is 1540 g/mol. The van der Waals surface area contributed by atoms with E-state index >= 15 is 0 Å². The number of methoxy groups -OCH3 is 5. The largest absolute Gasteiger partial charge is 0.380 e. The van der Waals surface area contributed by atoms with E-state index in [1.807, 2.05) is 212 Å². The van der Waals surface area contributed by atoms with Crippen LogP contribution in [0.3, 0.4) is 0 Å². The molecule has 2 fully saturated rings. The van der Waals surface area contributed by atoms with E-state index in [4.69, 9.17) is 86.0 Å². The molecule has 0 N–H and O–H groups in total. The third-order valence-corrected chi connectivity index (χ3v) is 21.6. The van der Waals surface area contributed by atoms with Crippen LogP contribution in [0.4, 0.5) is 0 Å². The van der Waals surface area contributed by atoms with Gasteiger partial charge in [-0.25, -0.2) is 13.4 Å². The zero-order valence-electron chi connectivity index (χ0n) is 61.9. The maximum atomic E-state index is 12.4. The number of carbonyl (C=O) groups is 4. The third kappa shape index (κ3) is 23.7. The molecule has 2 aliphatic carbocycles. The monoisotopic (exact) mass is 1620 g/mol. The molecule has 3 heterocycles. The van der Waals surface area contributed by atoms with Crippen molar-refractivity contribution in [3.63, 3.8) is 0 Å². The van der Waals surface area contributed by atoms with E-state index in [0.717, 1.165) is 129 Å². The van der Waals surface area contributed by atoms with Crippen LogP contribution in [-0.2, 0) is 86.5 Å². The molecule has 0 aromatic heterocycles. The van der Waals surface area contributed by atoms with Crippen molar-refractivity contribution in [2.24, 2.45) is 26.5 Å². The summed E-state index contributed by atoms with van der Waals surface area (Å²) in [5, 5.41) is 11.3. The Bertz CT molecular complexity index is 4750. The second kappa shape index (κ2) is 41.1. The maximum Gasteiger partial charge on any atom is 0.341 e. The van der Waals surface area contributed by atoms with E-state index < -0.39 is 11.1 Å². The Kier molecular flexibility index (Phi) is 30.8. The SMILES string of the molecule is COCc1cc(C(=O)CC2CC2)ccc1-c1ccc(Cl)cc1.COCc1cc(C(=O)CC2CCC2)ccc1-c1ccc(Cl)cc1.COCc1cc(C2=NOC(=O)C2)ccc1-c1ccc(Cl)cc1.COCc1cc(C2=NOS(=O)C2)ccc1-c1ccc(Cl)cc1.COCc1cc(C2=NSC(=O)C2)ccc1-c1ccc(Cl)cc1. The number of Topliss-reactive ketones (excluding diaryl/α,β-unsaturated/α-hetero) is 2. The topological polar surface area (TPSA) is 187 Å². The molecule has 0 bridgehead atoms. The maximum absolute atomic E-state index is 12.4. The third-order valence-electron chi connectivity index (χ3n) is 18.9. The van der Waals surface area contributed by atoms with Crippen molar-refractivity contribution >= 4 is 121 Å². The summed E-state index contributed by atoms with van der Waals surface area (Å²) in [5.74, 6) is 1.66. The fourth-order valence-corrected chi connectivity index (χ4v) is 14.8. The number of nitrogens with zero attached hydrogens (tertiary/aromatic N) is 3. The Morgan fingerprint density at radius 2 is 0.712 bits per heavy atom. The van der Waals surface area contributed by atoms with E-state index in [9.17, 15) is 23.4 Å². The van der Waals surface area contributed by atoms with Crippen molar-refractivity contribution in [1.82, 2.24) is 0 Å². The summed E-state index contributed by atoms with van der Waals surface area (Å²) in [6.07, 6.45) is 7.98. The molecule has 1 unspecified atom stereocenters. The molecule has 0 radical (unpaired) electrons. The summed E-state index contributed by atoms with van der Waals surface area (Å²) in [7, 11) is 8.32. The molecule has 22 heteroatoms. The van der Waals surface area contributed by atoms with E-state index in [2.05, 4.69) is 19.5 Å². The van der Waals surface area contributed by atoms with Gasteiger partial charge in [0.25, 0.3) is 0 Å². The number of oxime groups is 2. The van der Waals surface area contributed by atoms with Gasteiger partial charge in [0.15, 0.2) is 11.6 Å². The summed E-state index contributed by atoms with van der Waals surface area (Å²) in [5.41, 5.74) is 22.5. The van der Waals surface area contributed by atoms with Gasteiger partial charge in [-0.1, -0.05) is 209 Å². The van der Waals surface area contributed by atoms with Crippen molar-refractivity contribution in [2.45, 2.75) is 90.8 Å². The lowest BCUT2D eigenvalue weighted by molar-refractivity contribution is -0.140. The molecule has 15 rings (SSSR count). The zero-order chi connectivity index (χ0) is 78.3. The summed E-state index contributed by atoms with van der Waals surface area (Å²) < 4.78 is 46.8. The van der Waals surface area contributed by atoms with Crippen LogP contribution in [0, 0.1) is 11.8 Å². The molecule has 5 aliphatic rings. The highest BCUT2D eigenvalue weighted by atomic mass is 35.5. The minimum atomic E-state index is -1.36. The second-order valence-electron chi connectivity index (χ2n) is 27.0. The van der Waals surface area contributed by atoms with Gasteiger partial charge in [-0.3, -0.25) is 18.7 Å². The van der Waals surface area contributed by atoms with Gasteiger partial charge in [0, 0.05) is 95.8 Å². The van der Waals surface area contributed by atoms with Gasteiger partial charge in [-0.15, -0.1) is 0 Å². The summed E-state index contributed by atoms with van der Waals surface area (Å²) in [6.45, 7) is 2.42. The molecule has 2 saturated carbocycles. The number of carbonyl (C=O) groups excluding carboxylic acids is 4. The fourth-order valence-electron chi connectivity index (χ4n) is 12.9. The Balaban J connectivity index is 0.000000137. The van der Waals surface area contributed by atoms with Gasteiger partial charge < -0.3 is 28.5 Å². The number of hydrogen-bond donors (Lipinski definition) is 0. The molecule has 10 aromatic carbocycles. The fraction of sp³-hybridized carbons (Fsp3) is 0.247. The highest BCUT2D eigenvalue weighted by Gasteiger charge is 2.27. The average Bonchev–Trinajstić information content (AvgIpc) is 1.80. The van der Waals surface area contributed by atoms with Crippen molar-refractivity contribution in [1.29, 1.82) is 0 Å². The standard InChI is InChI=1S/C20H21ClO2.C19H19ClO2.C17H14ClNO3.C17H14ClNO2S.C16H14ClNO3S/c1-23-13-17-12-16(20(22)11-14-3-2-4-14)7-10-19(17)15-5-8-18(21)9-6-15;1-22-12-16-11-15(19(21)10-13-2-3-13)6-9-18(16)14-4-7-17(20)8-5-14;2*1-21-10-13-8-12(16-9-17(20)22-19-16)4-7-15(13)11-2-5-14(18)6-3-11;1-20-9-13-8-12(16-10-22(19)21-18-16)4-7-15(13)11-2-5-14(17)6-3-11/h5-10,12,14H,2-4,11,13H2,1H3;4-9,11,13H,2-3,10,12H2,1H3;3*2-8H,9-10H2,1H3. The van der Waals surface area contributed by atoms with E-state index in [1.54, 1.807) is 35.5 Å². The zero-order valence-corrected chi connectivity index (χ0v) is 67.3. The highest BCUT2D eigenvalue weighted by Crippen LogP contribution is 2.38. The average molecular weight is 1630 g/mol. The Hall–Kier alpha value is -8.76. The van der Waals surface area contributed by atoms with Crippen LogP contribution in [0.1, 0.15) is 123 Å². The van der Waals surface area contributed by atoms with Crippen molar-refractivity contribution in [2.75, 3.05) is 41.3 Å². The highest BCUT2D eigenvalue weighted by molar-refractivity contribution is 8.13. The molecular formula is C89H82Cl5N3O12S2. The van der Waals surface area contributed by atoms with Gasteiger partial charge in [-0.2, -0.15) is 0 Å². The lowest BCUT2D eigenvalue weighted by atomic mass is 9.80. The molecule has 15 nitrogen and oxygen atoms in total. The molecule has 0 saturated heterocycles. The van der Waals surface area contributed by atoms with Crippen LogP contribution >= 0.6 is 70.0 Å². The first-order valence-electron chi connectivity index (χ1n) is 36.0. The number of halogens is 5. The normalized spacial score (nSPS) is 14.8. The van der Waals surface area contributed by atoms with Crippen molar-refractivity contribution < 1.29 is 56.2 Å². The number of ketones is 2. The Morgan fingerprint density at radius 3 is 0.991 bits per heavy atom. The van der Waals surface area contributed by atoms with Crippen LogP contribution in [0.15, 0.2) is 227 Å². The van der Waals surface area contributed by atoms with Gasteiger partial charge in [-0.05, 0) is 205 Å². The molecule has 572 valence electrons. The number of hydrogen-bond acceptors (Lipinski definition) is 16. The Labute approximate surface area is 679 Å². The first kappa shape index (κ1) is 83.2. The summed E-state index contributed by atoms with van der Waals surface area (Å²) in [6, 6.07) is 68.3. The van der Waals surface area contributed by atoms with Gasteiger partial charge in [0.05, 0.1) is 69.2 Å². The first-order valence-corrected chi connectivity index (χ1v) is 39.9. The molecule has 111 heavy (non-hydrogen) atoms. The number of ether oxygens (including phenoxy) is 5. The minimum Gasteiger partial charge on any atom is -0.380 e. The first-order chi connectivity index (χ1) is 53.8. The lowest BCUT2D eigenvalue weighted by Crippen LogP contribution is -2.16. The minimum absolute atomic E-state index is 0.0880. The van der Waals surface area contributed by atoms with Crippen LogP contribution in [-0.4, -0.2) is 85.3 Å². The summed E-state index contributed by atoms with van der Waals surface area (Å²) >= 11 is 29.4. The smallest absolute Gasteiger partial charge is 0.341 e. The van der Waals surface area contributed by atoms with Crippen LogP contribution in [0.25, 0.3) is 55.6 Å². The van der Waals surface area contributed by atoms with Crippen LogP contribution in [0.5, 0.6) is 0 Å². The molecule has 10 aromatic rings. The molecule has 0 spiro atoms. The number of benzene rings is 10. The van der Waals surface area contributed by atoms with Gasteiger partial charge in [0.1, 0.15) is 11.5 Å². The van der Waals surface area contributed by atoms with Crippen LogP contribution < -0.4 is 0 Å². The van der Waals surface area contributed by atoms with E-state index in [1.165, 1.54) is 32.1 Å². The molecule has 1 atom stereocenters. The number of rotatable bonds is 24. The van der Waals surface area contributed by atoms with E-state index in [-0.39, 0.29) is 29.1 Å². The quantitative estimate of drug-likeness (QED) is 0.0316. The van der Waals surface area contributed by atoms with Crippen molar-refractivity contribution in [3.8, 4) is 55.6 Å². The molecule has 3 aliphatic heterocycles. The van der Waals surface area contributed by atoms with Crippen LogP contribution in [0.2, 0.25) is 25.1 Å². The molecule has 0 amide bonds. The Morgan fingerprint density at radius 1 is 0.396 bits per heavy atom. The summed E-state index contributed by atoms with van der Waals surface area (Å²) in [4.78, 5) is 51.9. The van der Waals surface area contributed by atoms with E-state index in [0.29, 0.717) is 106 Å². The predicted octanol–water partition coefficient (Wildman–Crippen LogP) is 22.5. The van der Waals surface area contributed by atoms with Crippen molar-refractivity contribution in [3.05, 3.63) is 293 Å². The predicted molar refractivity (Wildman–Crippen MR) is 448 cm³/mol.